The molecule has 3 aliphatic heterocycles. The lowest BCUT2D eigenvalue weighted by atomic mass is 9.77. The number of rotatable bonds is 2. The van der Waals surface area contributed by atoms with Gasteiger partial charge in [0.2, 0.25) is 0 Å². The van der Waals surface area contributed by atoms with Crippen LogP contribution in [0.3, 0.4) is 0 Å². The first kappa shape index (κ1) is 10.2. The molecule has 2 bridgehead atoms. The fourth-order valence-electron chi connectivity index (χ4n) is 3.05. The number of piperidine rings is 3. The highest BCUT2D eigenvalue weighted by atomic mass is 16.3. The second-order valence-corrected chi connectivity index (χ2v) is 4.99. The van der Waals surface area contributed by atoms with Gasteiger partial charge >= 0.3 is 0 Å². The van der Waals surface area contributed by atoms with E-state index in [1.54, 1.807) is 0 Å². The average Bonchev–Trinajstić information content (AvgIpc) is 2.40. The van der Waals surface area contributed by atoms with Gasteiger partial charge in [0.15, 0.2) is 0 Å². The zero-order valence-corrected chi connectivity index (χ0v) is 9.47. The minimum absolute atomic E-state index is 0.0908. The summed E-state index contributed by atoms with van der Waals surface area (Å²) in [6.45, 7) is 3.81. The lowest BCUT2D eigenvalue weighted by molar-refractivity contribution is 0.0854. The van der Waals surface area contributed by atoms with E-state index >= 15 is 0 Å². The van der Waals surface area contributed by atoms with Gasteiger partial charge in [0.25, 0.3) is 0 Å². The number of fused-ring (bicyclic) bond motifs is 3. The van der Waals surface area contributed by atoms with Gasteiger partial charge < -0.3 is 10.0 Å². The third-order valence-electron chi connectivity index (χ3n) is 4.07. The van der Waals surface area contributed by atoms with E-state index in [0.717, 1.165) is 11.5 Å². The Labute approximate surface area is 96.1 Å². The van der Waals surface area contributed by atoms with Gasteiger partial charge in [0, 0.05) is 24.4 Å². The summed E-state index contributed by atoms with van der Waals surface area (Å²) in [5, 5.41) is 9.00. The molecule has 0 spiro atoms. The molecule has 3 aliphatic rings. The summed E-state index contributed by atoms with van der Waals surface area (Å²) >= 11 is 0. The molecule has 3 fully saturated rings. The number of pyridine rings is 1. The van der Waals surface area contributed by atoms with Crippen LogP contribution in [-0.2, 0) is 6.61 Å². The summed E-state index contributed by atoms with van der Waals surface area (Å²) in [4.78, 5) is 7.05. The molecule has 0 radical (unpaired) electrons. The minimum Gasteiger partial charge on any atom is -0.392 e. The van der Waals surface area contributed by atoms with Crippen molar-refractivity contribution in [2.24, 2.45) is 5.92 Å². The number of aromatic nitrogens is 1. The molecule has 1 unspecified atom stereocenters. The molecule has 4 rings (SSSR count). The van der Waals surface area contributed by atoms with E-state index in [4.69, 9.17) is 5.11 Å². The predicted molar refractivity (Wildman–Crippen MR) is 62.1 cm³/mol. The highest BCUT2D eigenvalue weighted by molar-refractivity contribution is 5.18. The zero-order chi connectivity index (χ0) is 11.0. The van der Waals surface area contributed by atoms with Crippen molar-refractivity contribution in [1.82, 2.24) is 9.88 Å². The molecule has 86 valence electrons. The number of hydrogen-bond acceptors (Lipinski definition) is 3. The van der Waals surface area contributed by atoms with E-state index in [9.17, 15) is 0 Å². The zero-order valence-electron chi connectivity index (χ0n) is 9.47. The molecule has 0 saturated carbocycles. The standard InChI is InChI=1S/C13H18N2O/c16-9-10-1-2-13(14-7-10)12-8-15-5-3-11(12)4-6-15/h1-2,7,11-12,16H,3-6,8-9H2. The molecule has 3 saturated heterocycles. The Balaban J connectivity index is 1.81. The Morgan fingerprint density at radius 3 is 2.62 bits per heavy atom. The van der Waals surface area contributed by atoms with E-state index in [2.05, 4.69) is 16.0 Å². The van der Waals surface area contributed by atoms with E-state index in [-0.39, 0.29) is 6.61 Å². The lowest BCUT2D eigenvalue weighted by Gasteiger charge is -2.44. The molecular weight excluding hydrogens is 200 g/mol. The normalized spacial score (nSPS) is 32.9. The average molecular weight is 218 g/mol. The van der Waals surface area contributed by atoms with Crippen LogP contribution in [0.2, 0.25) is 0 Å². The van der Waals surface area contributed by atoms with Crippen LogP contribution in [-0.4, -0.2) is 34.6 Å². The third-order valence-corrected chi connectivity index (χ3v) is 4.07. The molecule has 16 heavy (non-hydrogen) atoms. The molecule has 3 nitrogen and oxygen atoms in total. The van der Waals surface area contributed by atoms with Gasteiger partial charge in [-0.15, -0.1) is 0 Å². The largest absolute Gasteiger partial charge is 0.392 e. The van der Waals surface area contributed by atoms with Crippen LogP contribution in [0.25, 0.3) is 0 Å². The van der Waals surface area contributed by atoms with Gasteiger partial charge in [-0.25, -0.2) is 0 Å². The molecule has 0 aliphatic carbocycles. The Morgan fingerprint density at radius 1 is 1.31 bits per heavy atom. The lowest BCUT2D eigenvalue weighted by Crippen LogP contribution is -2.46. The third kappa shape index (κ3) is 1.74. The molecule has 1 N–H and O–H groups in total. The summed E-state index contributed by atoms with van der Waals surface area (Å²) in [6, 6.07) is 4.10. The molecule has 0 aromatic carbocycles. The monoisotopic (exact) mass is 218 g/mol. The van der Waals surface area contributed by atoms with Crippen LogP contribution in [0.5, 0.6) is 0 Å². The Hall–Kier alpha value is -0.930. The van der Waals surface area contributed by atoms with Crippen LogP contribution in [0, 0.1) is 5.92 Å². The van der Waals surface area contributed by atoms with Crippen molar-refractivity contribution in [2.75, 3.05) is 19.6 Å². The van der Waals surface area contributed by atoms with Crippen LogP contribution in [0.4, 0.5) is 0 Å². The van der Waals surface area contributed by atoms with Gasteiger partial charge in [-0.2, -0.15) is 0 Å². The Morgan fingerprint density at radius 2 is 2.12 bits per heavy atom. The summed E-state index contributed by atoms with van der Waals surface area (Å²) in [5.41, 5.74) is 2.12. The van der Waals surface area contributed by atoms with Crippen molar-refractivity contribution >= 4 is 0 Å². The highest BCUT2D eigenvalue weighted by Crippen LogP contribution is 2.37. The van der Waals surface area contributed by atoms with Crippen LogP contribution in [0.1, 0.15) is 30.0 Å². The first-order valence-electron chi connectivity index (χ1n) is 6.15. The van der Waals surface area contributed by atoms with Crippen molar-refractivity contribution in [3.8, 4) is 0 Å². The maximum absolute atomic E-state index is 9.00. The number of hydrogen-bond donors (Lipinski definition) is 1. The summed E-state index contributed by atoms with van der Waals surface area (Å²) in [7, 11) is 0. The number of aliphatic hydroxyl groups excluding tert-OH is 1. The SMILES string of the molecule is OCc1ccc(C2CN3CCC2CC3)nc1. The second kappa shape index (κ2) is 4.15. The smallest absolute Gasteiger partial charge is 0.0696 e. The maximum atomic E-state index is 9.00. The molecule has 1 aromatic heterocycles. The van der Waals surface area contributed by atoms with Gasteiger partial charge in [-0.1, -0.05) is 6.07 Å². The molecule has 1 aromatic rings. The van der Waals surface area contributed by atoms with Crippen molar-refractivity contribution in [3.63, 3.8) is 0 Å². The minimum atomic E-state index is 0.0908. The Bertz CT molecular complexity index is 355. The Kier molecular flexibility index (Phi) is 2.65. The predicted octanol–water partition coefficient (Wildman–Crippen LogP) is 1.38. The van der Waals surface area contributed by atoms with E-state index in [1.165, 1.54) is 38.2 Å². The molecule has 0 amide bonds. The van der Waals surface area contributed by atoms with Gasteiger partial charge in [-0.3, -0.25) is 4.98 Å². The van der Waals surface area contributed by atoms with Crippen LogP contribution >= 0.6 is 0 Å². The second-order valence-electron chi connectivity index (χ2n) is 4.99. The molecule has 1 atom stereocenters. The van der Waals surface area contributed by atoms with Crippen LogP contribution < -0.4 is 0 Å². The van der Waals surface area contributed by atoms with Crippen molar-refractivity contribution in [3.05, 3.63) is 29.6 Å². The first-order valence-corrected chi connectivity index (χ1v) is 6.15. The van der Waals surface area contributed by atoms with Crippen molar-refractivity contribution in [1.29, 1.82) is 0 Å². The fraction of sp³-hybridized carbons (Fsp3) is 0.615. The summed E-state index contributed by atoms with van der Waals surface area (Å²) < 4.78 is 0. The van der Waals surface area contributed by atoms with E-state index < -0.39 is 0 Å². The quantitative estimate of drug-likeness (QED) is 0.814. The number of aliphatic hydroxyl groups is 1. The van der Waals surface area contributed by atoms with Gasteiger partial charge in [0.1, 0.15) is 0 Å². The molecule has 3 heteroatoms. The fourth-order valence-corrected chi connectivity index (χ4v) is 3.05. The highest BCUT2D eigenvalue weighted by Gasteiger charge is 2.35. The topological polar surface area (TPSA) is 36.4 Å². The first-order chi connectivity index (χ1) is 7.86. The van der Waals surface area contributed by atoms with Crippen molar-refractivity contribution < 1.29 is 5.11 Å². The molecule has 4 heterocycles. The summed E-state index contributed by atoms with van der Waals surface area (Å²) in [6.07, 6.45) is 4.47. The number of nitrogens with zero attached hydrogens (tertiary/aromatic N) is 2. The van der Waals surface area contributed by atoms with E-state index in [0.29, 0.717) is 5.92 Å². The maximum Gasteiger partial charge on any atom is 0.0696 e. The van der Waals surface area contributed by atoms with Crippen molar-refractivity contribution in [2.45, 2.75) is 25.4 Å². The summed E-state index contributed by atoms with van der Waals surface area (Å²) in [5.74, 6) is 1.45. The van der Waals surface area contributed by atoms with Crippen LogP contribution in [0.15, 0.2) is 18.3 Å². The van der Waals surface area contributed by atoms with Gasteiger partial charge in [0.05, 0.1) is 6.61 Å². The molecular formula is C13H18N2O. The van der Waals surface area contributed by atoms with E-state index in [1.807, 2.05) is 12.3 Å². The van der Waals surface area contributed by atoms with Gasteiger partial charge in [-0.05, 0) is 43.5 Å².